The van der Waals surface area contributed by atoms with Crippen LogP contribution < -0.4 is 0 Å². The molecule has 0 fully saturated rings. The van der Waals surface area contributed by atoms with Gasteiger partial charge in [0.1, 0.15) is 11.2 Å². The highest BCUT2D eigenvalue weighted by Gasteiger charge is 2.17. The second-order valence-electron chi connectivity index (χ2n) is 11.0. The van der Waals surface area contributed by atoms with Crippen LogP contribution >= 0.6 is 0 Å². The van der Waals surface area contributed by atoms with Crippen molar-refractivity contribution in [1.82, 2.24) is 0 Å². The van der Waals surface area contributed by atoms with Crippen molar-refractivity contribution in [3.8, 4) is 44.5 Å². The van der Waals surface area contributed by atoms with Crippen LogP contribution in [0.25, 0.3) is 88.0 Å². The first-order valence-corrected chi connectivity index (χ1v) is 14.7. The van der Waals surface area contributed by atoms with E-state index in [0.717, 1.165) is 49.0 Å². The fraction of sp³-hybridized carbons (Fsp3) is 0. The molecule has 9 rings (SSSR count). The second kappa shape index (κ2) is 10.4. The van der Waals surface area contributed by atoms with Crippen LogP contribution in [-0.4, -0.2) is 0 Å². The summed E-state index contributed by atoms with van der Waals surface area (Å²) in [5, 5.41) is 4.76. The van der Waals surface area contributed by atoms with Gasteiger partial charge in [-0.1, -0.05) is 145 Å². The van der Waals surface area contributed by atoms with E-state index >= 15 is 0 Å². The number of para-hydroxylation sites is 1. The lowest BCUT2D eigenvalue weighted by atomic mass is 9.85. The van der Waals surface area contributed by atoms with Crippen LogP contribution in [0.15, 0.2) is 174 Å². The lowest BCUT2D eigenvalue weighted by Crippen LogP contribution is -1.91. The van der Waals surface area contributed by atoms with Gasteiger partial charge in [0.05, 0.1) is 12.3 Å². The molecule has 0 atom stereocenters. The quantitative estimate of drug-likeness (QED) is 0.188. The molecule has 1 heteroatoms. The summed E-state index contributed by atoms with van der Waals surface area (Å²) in [6, 6.07) is 33.2. The number of benzene rings is 8. The van der Waals surface area contributed by atoms with Crippen molar-refractivity contribution in [2.45, 2.75) is 0 Å². The summed E-state index contributed by atoms with van der Waals surface area (Å²) in [5.41, 5.74) is 5.07. The normalized spacial score (nSPS) is 14.4. The van der Waals surface area contributed by atoms with Crippen LogP contribution in [-0.2, 0) is 0 Å². The van der Waals surface area contributed by atoms with Crippen LogP contribution in [0.4, 0.5) is 0 Å². The van der Waals surface area contributed by atoms with Crippen molar-refractivity contribution in [1.29, 1.82) is 0 Å². The molecule has 0 aliphatic carbocycles. The van der Waals surface area contributed by atoms with E-state index in [4.69, 9.17) is 11.3 Å². The molecule has 0 radical (unpaired) electrons. The third kappa shape index (κ3) is 4.24. The molecule has 0 N–H and O–H groups in total. The first kappa shape index (κ1) is 18.0. The van der Waals surface area contributed by atoms with Crippen molar-refractivity contribution < 1.29 is 16.8 Å². The van der Waals surface area contributed by atoms with Crippen LogP contribution in [0.2, 0.25) is 0 Å². The third-order valence-corrected chi connectivity index (χ3v) is 8.41. The number of rotatable bonds is 4. The highest BCUT2D eigenvalue weighted by molar-refractivity contribution is 6.21. The topological polar surface area (TPSA) is 13.1 Å². The average Bonchev–Trinajstić information content (AvgIpc) is 3.57. The summed E-state index contributed by atoms with van der Waals surface area (Å²) in [4.78, 5) is 0. The molecule has 0 aliphatic heterocycles. The van der Waals surface area contributed by atoms with E-state index in [2.05, 4.69) is 0 Å². The molecular formula is C44H28O. The summed E-state index contributed by atoms with van der Waals surface area (Å²) in [6.45, 7) is 0. The molecule has 0 saturated heterocycles. The maximum absolute atomic E-state index is 9.42. The Hall–Kier alpha value is -5.92. The van der Waals surface area contributed by atoms with E-state index in [1.165, 1.54) is 0 Å². The Morgan fingerprint density at radius 3 is 1.53 bits per heavy atom. The minimum absolute atomic E-state index is 0.108. The van der Waals surface area contributed by atoms with E-state index in [1.807, 2.05) is 91.0 Å². The molecule has 0 unspecified atom stereocenters. The lowest BCUT2D eigenvalue weighted by molar-refractivity contribution is 0.669. The van der Waals surface area contributed by atoms with E-state index in [9.17, 15) is 5.48 Å². The fourth-order valence-electron chi connectivity index (χ4n) is 6.40. The Morgan fingerprint density at radius 2 is 0.844 bits per heavy atom. The molecule has 0 bridgehead atoms. The Balaban J connectivity index is 1.29. The Morgan fingerprint density at radius 1 is 0.333 bits per heavy atom. The predicted octanol–water partition coefficient (Wildman–Crippen LogP) is 12.6. The first-order valence-electron chi connectivity index (χ1n) is 19.2. The monoisotopic (exact) mass is 581 g/mol. The fourth-order valence-corrected chi connectivity index (χ4v) is 6.40. The van der Waals surface area contributed by atoms with Gasteiger partial charge in [0.2, 0.25) is 0 Å². The highest BCUT2D eigenvalue weighted by atomic mass is 16.3. The smallest absolute Gasteiger partial charge is 0.135 e. The van der Waals surface area contributed by atoms with Gasteiger partial charge in [-0.15, -0.1) is 0 Å². The Kier molecular flexibility index (Phi) is 4.15. The molecule has 45 heavy (non-hydrogen) atoms. The van der Waals surface area contributed by atoms with Gasteiger partial charge in [-0.2, -0.15) is 0 Å². The summed E-state index contributed by atoms with van der Waals surface area (Å²) in [5.74, 6) is 0. The van der Waals surface area contributed by atoms with Crippen molar-refractivity contribution in [2.75, 3.05) is 0 Å². The van der Waals surface area contributed by atoms with Crippen molar-refractivity contribution >= 4 is 43.5 Å². The standard InChI is InChI=1S/C44H28O/c1-2-11-29(12-3-1)32-13-10-14-34(27-32)44-38-18-6-4-16-36(38)43(37-17-5-7-19-39(37)44)31-23-21-30(22-24-31)33-25-26-42-40(28-33)35-15-8-9-20-41(35)45-42/h1-28H/i1D,2D,3D,11D,12D,21D,22D,23D,24D. The zero-order valence-electron chi connectivity index (χ0n) is 32.9. The molecule has 9 aromatic rings. The van der Waals surface area contributed by atoms with Crippen LogP contribution in [0.3, 0.4) is 0 Å². The van der Waals surface area contributed by atoms with Crippen LogP contribution in [0, 0.1) is 0 Å². The van der Waals surface area contributed by atoms with Gasteiger partial charge < -0.3 is 4.42 Å². The van der Waals surface area contributed by atoms with Gasteiger partial charge in [0.25, 0.3) is 0 Å². The predicted molar refractivity (Wildman–Crippen MR) is 190 cm³/mol. The minimum atomic E-state index is -0.452. The van der Waals surface area contributed by atoms with Gasteiger partial charge in [-0.25, -0.2) is 0 Å². The van der Waals surface area contributed by atoms with Crippen molar-refractivity contribution in [3.05, 3.63) is 170 Å². The summed E-state index contributed by atoms with van der Waals surface area (Å²) in [7, 11) is 0. The summed E-state index contributed by atoms with van der Waals surface area (Å²) >= 11 is 0. The zero-order chi connectivity index (χ0) is 37.6. The highest BCUT2D eigenvalue weighted by Crippen LogP contribution is 2.44. The first-order chi connectivity index (χ1) is 26.1. The third-order valence-electron chi connectivity index (χ3n) is 8.41. The van der Waals surface area contributed by atoms with Crippen molar-refractivity contribution in [2.24, 2.45) is 0 Å². The van der Waals surface area contributed by atoms with E-state index < -0.39 is 18.1 Å². The summed E-state index contributed by atoms with van der Waals surface area (Å²) in [6.07, 6.45) is 0. The Labute approximate surface area is 274 Å². The van der Waals surface area contributed by atoms with Gasteiger partial charge >= 0.3 is 0 Å². The molecule has 8 aromatic carbocycles. The van der Waals surface area contributed by atoms with Crippen LogP contribution in [0.1, 0.15) is 12.3 Å². The largest absolute Gasteiger partial charge is 0.456 e. The lowest BCUT2D eigenvalue weighted by Gasteiger charge is -2.18. The maximum Gasteiger partial charge on any atom is 0.135 e. The van der Waals surface area contributed by atoms with Gasteiger partial charge in [-0.3, -0.25) is 0 Å². The molecule has 210 valence electrons. The number of furan rings is 1. The van der Waals surface area contributed by atoms with Gasteiger partial charge in [0.15, 0.2) is 0 Å². The molecule has 0 spiro atoms. The molecule has 1 nitrogen and oxygen atoms in total. The van der Waals surface area contributed by atoms with Gasteiger partial charge in [0, 0.05) is 10.8 Å². The van der Waals surface area contributed by atoms with Gasteiger partial charge in [-0.05, 0) is 90.3 Å². The van der Waals surface area contributed by atoms with E-state index in [-0.39, 0.29) is 52.9 Å². The molecule has 0 aliphatic rings. The van der Waals surface area contributed by atoms with Crippen LogP contribution in [0.5, 0.6) is 0 Å². The molecule has 1 heterocycles. The summed E-state index contributed by atoms with van der Waals surface area (Å²) < 4.78 is 85.1. The number of hydrogen-bond donors (Lipinski definition) is 0. The minimum Gasteiger partial charge on any atom is -0.456 e. The molecule has 0 saturated carbocycles. The molecule has 0 amide bonds. The SMILES string of the molecule is [2H]c1c([2H])c([2H])c(-c2cccc(-c3c4ccccc4c(-c4c([2H])c([2H])c(-c5ccc6oc7ccccc7c6c5)c([2H])c4[2H])c4ccccc34)c2)c([2H])c1[2H]. The molecular weight excluding hydrogens is 544 g/mol. The zero-order valence-corrected chi connectivity index (χ0v) is 23.9. The number of hydrogen-bond acceptors (Lipinski definition) is 1. The van der Waals surface area contributed by atoms with Crippen molar-refractivity contribution in [3.63, 3.8) is 0 Å². The second-order valence-corrected chi connectivity index (χ2v) is 11.0. The molecule has 1 aromatic heterocycles. The number of fused-ring (bicyclic) bond motifs is 5. The van der Waals surface area contributed by atoms with E-state index in [0.29, 0.717) is 22.3 Å². The Bertz CT molecular complexity index is 2940. The average molecular weight is 582 g/mol. The van der Waals surface area contributed by atoms with E-state index in [1.54, 1.807) is 24.3 Å². The maximum atomic E-state index is 9.42.